The maximum Gasteiger partial charge on any atom is 0.263 e. The topological polar surface area (TPSA) is 99.7 Å². The Kier molecular flexibility index (Phi) is 5.39. The van der Waals surface area contributed by atoms with Crippen molar-refractivity contribution in [3.8, 4) is 0 Å². The van der Waals surface area contributed by atoms with E-state index in [-0.39, 0.29) is 16.8 Å². The third kappa shape index (κ3) is 4.19. The Morgan fingerprint density at radius 1 is 1.36 bits per heavy atom. The van der Waals surface area contributed by atoms with Crippen molar-refractivity contribution >= 4 is 21.8 Å². The highest BCUT2D eigenvalue weighted by Gasteiger charge is 2.30. The number of hydrogen-bond acceptors (Lipinski definition) is 5. The van der Waals surface area contributed by atoms with Crippen LogP contribution in [0, 0.1) is 5.92 Å². The second kappa shape index (κ2) is 7.53. The number of rotatable bonds is 5. The van der Waals surface area contributed by atoms with Crippen molar-refractivity contribution in [2.75, 3.05) is 19.6 Å². The first-order valence-electron chi connectivity index (χ1n) is 8.64. The molecule has 1 aromatic rings. The van der Waals surface area contributed by atoms with E-state index in [1.807, 2.05) is 0 Å². The minimum absolute atomic E-state index is 0.0214. The molecule has 8 heteroatoms. The van der Waals surface area contributed by atoms with Crippen LogP contribution in [0.5, 0.6) is 0 Å². The number of hydrogen-bond donors (Lipinski definition) is 3. The Morgan fingerprint density at radius 3 is 2.96 bits per heavy atom. The zero-order chi connectivity index (χ0) is 17.9. The number of nitrogens with one attached hydrogen (secondary N) is 3. The molecule has 3 N–H and O–H groups in total. The Morgan fingerprint density at radius 2 is 2.16 bits per heavy atom. The summed E-state index contributed by atoms with van der Waals surface area (Å²) in [5.41, 5.74) is 0.592. The summed E-state index contributed by atoms with van der Waals surface area (Å²) in [4.78, 5) is 16.6. The predicted molar refractivity (Wildman–Crippen MR) is 96.0 cm³/mol. The first-order chi connectivity index (χ1) is 12.0. The standard InChI is InChI=1S/C17H24N4O3S/c1-12-8-10-18-11-14(12)20-16(22)7-4-9-19-17-13-5-2-3-6-15(13)25(23,24)21-17/h2-3,5-6,12,14,18H,4,7-11H2,1H3,(H,19,21)(H,20,22). The molecule has 1 fully saturated rings. The lowest BCUT2D eigenvalue weighted by Crippen LogP contribution is -2.50. The molecule has 0 bridgehead atoms. The third-order valence-electron chi connectivity index (χ3n) is 4.67. The first-order valence-corrected chi connectivity index (χ1v) is 10.1. The van der Waals surface area contributed by atoms with E-state index in [1.165, 1.54) is 0 Å². The molecule has 2 heterocycles. The summed E-state index contributed by atoms with van der Waals surface area (Å²) in [6.07, 6.45) is 2.03. The fourth-order valence-electron chi connectivity index (χ4n) is 3.14. The van der Waals surface area contributed by atoms with Crippen molar-refractivity contribution in [2.45, 2.75) is 37.1 Å². The number of sulfonamides is 1. The lowest BCUT2D eigenvalue weighted by atomic mass is 9.95. The molecule has 7 nitrogen and oxygen atoms in total. The summed E-state index contributed by atoms with van der Waals surface area (Å²) < 4.78 is 26.5. The fraction of sp³-hybridized carbons (Fsp3) is 0.529. The van der Waals surface area contributed by atoms with Crippen LogP contribution in [0.15, 0.2) is 34.2 Å². The van der Waals surface area contributed by atoms with Crippen LogP contribution in [0.2, 0.25) is 0 Å². The summed E-state index contributed by atoms with van der Waals surface area (Å²) in [5, 5.41) is 6.35. The van der Waals surface area contributed by atoms with Gasteiger partial charge in [-0.2, -0.15) is 0 Å². The smallest absolute Gasteiger partial charge is 0.263 e. The van der Waals surface area contributed by atoms with E-state index in [2.05, 4.69) is 27.3 Å². The molecule has 2 unspecified atom stereocenters. The average Bonchev–Trinajstić information content (AvgIpc) is 2.85. The number of aliphatic imine (C=N–C) groups is 1. The molecule has 0 spiro atoms. The van der Waals surface area contributed by atoms with Crippen LogP contribution in [0.3, 0.4) is 0 Å². The summed E-state index contributed by atoms with van der Waals surface area (Å²) in [6, 6.07) is 6.94. The van der Waals surface area contributed by atoms with Crippen LogP contribution >= 0.6 is 0 Å². The van der Waals surface area contributed by atoms with E-state index in [1.54, 1.807) is 24.3 Å². The molecule has 1 aromatic carbocycles. The Bertz CT molecular complexity index is 776. The van der Waals surface area contributed by atoms with Crippen molar-refractivity contribution in [1.29, 1.82) is 0 Å². The van der Waals surface area contributed by atoms with Gasteiger partial charge in [0, 0.05) is 31.1 Å². The summed E-state index contributed by atoms with van der Waals surface area (Å²) in [6.45, 7) is 4.37. The summed E-state index contributed by atoms with van der Waals surface area (Å²) >= 11 is 0. The van der Waals surface area contributed by atoms with Gasteiger partial charge in [0.1, 0.15) is 5.84 Å². The fourth-order valence-corrected chi connectivity index (χ4v) is 4.39. The van der Waals surface area contributed by atoms with Crippen LogP contribution in [0.25, 0.3) is 0 Å². The van der Waals surface area contributed by atoms with Crippen molar-refractivity contribution in [2.24, 2.45) is 10.9 Å². The van der Waals surface area contributed by atoms with Gasteiger partial charge in [-0.25, -0.2) is 8.42 Å². The second-order valence-electron chi connectivity index (χ2n) is 6.58. The number of fused-ring (bicyclic) bond motifs is 1. The molecular weight excluding hydrogens is 340 g/mol. The quantitative estimate of drug-likeness (QED) is 0.667. The molecule has 1 amide bonds. The molecule has 2 aliphatic heterocycles. The molecule has 3 rings (SSSR count). The highest BCUT2D eigenvalue weighted by molar-refractivity contribution is 7.90. The number of benzene rings is 1. The van der Waals surface area contributed by atoms with Gasteiger partial charge in [0.25, 0.3) is 10.0 Å². The molecule has 1 saturated heterocycles. The van der Waals surface area contributed by atoms with E-state index < -0.39 is 10.0 Å². The SMILES string of the molecule is CC1CCNCC1NC(=O)CCCN=C1NS(=O)(=O)c2ccccc21. The van der Waals surface area contributed by atoms with Gasteiger partial charge in [0.05, 0.1) is 4.90 Å². The Balaban J connectivity index is 1.50. The van der Waals surface area contributed by atoms with Crippen molar-refractivity contribution < 1.29 is 13.2 Å². The van der Waals surface area contributed by atoms with Crippen LogP contribution in [0.1, 0.15) is 31.7 Å². The van der Waals surface area contributed by atoms with E-state index >= 15 is 0 Å². The molecule has 0 aromatic heterocycles. The van der Waals surface area contributed by atoms with Crippen molar-refractivity contribution in [3.63, 3.8) is 0 Å². The van der Waals surface area contributed by atoms with E-state index in [4.69, 9.17) is 0 Å². The second-order valence-corrected chi connectivity index (χ2v) is 8.23. The van der Waals surface area contributed by atoms with Gasteiger partial charge in [-0.3, -0.25) is 14.5 Å². The maximum atomic E-state index is 12.1. The highest BCUT2D eigenvalue weighted by atomic mass is 32.2. The summed E-state index contributed by atoms with van der Waals surface area (Å²) in [5.74, 6) is 0.865. The zero-order valence-electron chi connectivity index (χ0n) is 14.3. The van der Waals surface area contributed by atoms with Crippen LogP contribution < -0.4 is 15.4 Å². The van der Waals surface area contributed by atoms with Crippen LogP contribution in [0.4, 0.5) is 0 Å². The minimum Gasteiger partial charge on any atom is -0.352 e. The van der Waals surface area contributed by atoms with Crippen molar-refractivity contribution in [1.82, 2.24) is 15.4 Å². The van der Waals surface area contributed by atoms with E-state index in [0.717, 1.165) is 19.5 Å². The van der Waals surface area contributed by atoms with Gasteiger partial charge in [-0.1, -0.05) is 19.1 Å². The number of amides is 1. The van der Waals surface area contributed by atoms with Crippen molar-refractivity contribution in [3.05, 3.63) is 29.8 Å². The predicted octanol–water partition coefficient (Wildman–Crippen LogP) is 0.620. The highest BCUT2D eigenvalue weighted by Crippen LogP contribution is 2.22. The average molecular weight is 364 g/mol. The first kappa shape index (κ1) is 17.9. The van der Waals surface area contributed by atoms with Gasteiger partial charge in [-0.15, -0.1) is 0 Å². The Labute approximate surface area is 148 Å². The third-order valence-corrected chi connectivity index (χ3v) is 6.07. The molecule has 0 saturated carbocycles. The number of amidine groups is 1. The summed E-state index contributed by atoms with van der Waals surface area (Å²) in [7, 11) is -3.50. The molecule has 136 valence electrons. The number of piperidine rings is 1. The monoisotopic (exact) mass is 364 g/mol. The lowest BCUT2D eigenvalue weighted by molar-refractivity contribution is -0.122. The number of carbonyl (C=O) groups excluding carboxylic acids is 1. The number of nitrogens with zero attached hydrogens (tertiary/aromatic N) is 1. The van der Waals surface area contributed by atoms with Gasteiger partial charge in [0.15, 0.2) is 0 Å². The van der Waals surface area contributed by atoms with Gasteiger partial charge in [-0.05, 0) is 37.4 Å². The van der Waals surface area contributed by atoms with Gasteiger partial charge >= 0.3 is 0 Å². The molecule has 0 aliphatic carbocycles. The molecule has 2 atom stereocenters. The number of carbonyl (C=O) groups is 1. The molecule has 2 aliphatic rings. The molecule has 0 radical (unpaired) electrons. The van der Waals surface area contributed by atoms with E-state index in [9.17, 15) is 13.2 Å². The Hall–Kier alpha value is -1.93. The maximum absolute atomic E-state index is 12.1. The lowest BCUT2D eigenvalue weighted by Gasteiger charge is -2.30. The molecular formula is C17H24N4O3S. The molecule has 25 heavy (non-hydrogen) atoms. The largest absolute Gasteiger partial charge is 0.352 e. The van der Waals surface area contributed by atoms with Gasteiger partial charge in [0.2, 0.25) is 5.91 Å². The normalized spacial score (nSPS) is 26.0. The van der Waals surface area contributed by atoms with Crippen LogP contribution in [-0.4, -0.2) is 45.8 Å². The zero-order valence-corrected chi connectivity index (χ0v) is 15.1. The van der Waals surface area contributed by atoms with Gasteiger partial charge < -0.3 is 10.6 Å². The van der Waals surface area contributed by atoms with E-state index in [0.29, 0.717) is 36.7 Å². The van der Waals surface area contributed by atoms with Crippen LogP contribution in [-0.2, 0) is 14.8 Å². The minimum atomic E-state index is -3.50.